The normalized spacial score (nSPS) is 11.9. The molecule has 4 rings (SSSR count). The highest BCUT2D eigenvalue weighted by molar-refractivity contribution is 7.92. The van der Waals surface area contributed by atoms with Gasteiger partial charge in [0.05, 0.1) is 10.6 Å². The second-order valence-electron chi connectivity index (χ2n) is 11.6. The Morgan fingerprint density at radius 3 is 2.09 bits per heavy atom. The summed E-state index contributed by atoms with van der Waals surface area (Å²) in [6, 6.07) is 26.1. The zero-order valence-electron chi connectivity index (χ0n) is 26.9. The number of halogens is 1. The lowest BCUT2D eigenvalue weighted by atomic mass is 10.0. The van der Waals surface area contributed by atoms with Crippen molar-refractivity contribution in [1.82, 2.24) is 10.2 Å². The Bertz CT molecular complexity index is 1720. The number of rotatable bonds is 14. The predicted molar refractivity (Wildman–Crippen MR) is 180 cm³/mol. The lowest BCUT2D eigenvalue weighted by Gasteiger charge is -2.34. The van der Waals surface area contributed by atoms with Gasteiger partial charge in [0.25, 0.3) is 10.0 Å². The molecule has 4 aromatic rings. The maximum absolute atomic E-state index is 15.1. The zero-order chi connectivity index (χ0) is 33.3. The number of carbonyl (C=O) groups is 2. The number of amides is 2. The number of sulfonamides is 1. The number of benzene rings is 4. The van der Waals surface area contributed by atoms with Crippen LogP contribution in [0.15, 0.2) is 102 Å². The van der Waals surface area contributed by atoms with Gasteiger partial charge < -0.3 is 10.2 Å². The third kappa shape index (κ3) is 8.81. The van der Waals surface area contributed by atoms with Crippen molar-refractivity contribution in [3.8, 4) is 0 Å². The molecule has 0 fully saturated rings. The Labute approximate surface area is 272 Å². The first-order chi connectivity index (χ1) is 22.0. The van der Waals surface area contributed by atoms with Crippen LogP contribution in [0.3, 0.4) is 0 Å². The van der Waals surface area contributed by atoms with Crippen molar-refractivity contribution in [3.05, 3.63) is 131 Å². The number of anilines is 1. The summed E-state index contributed by atoms with van der Waals surface area (Å²) >= 11 is 0. The van der Waals surface area contributed by atoms with Crippen LogP contribution in [0.2, 0.25) is 0 Å². The van der Waals surface area contributed by atoms with E-state index in [1.165, 1.54) is 23.1 Å². The van der Waals surface area contributed by atoms with Gasteiger partial charge in [0.15, 0.2) is 0 Å². The molecule has 0 aliphatic heterocycles. The van der Waals surface area contributed by atoms with Gasteiger partial charge in [-0.3, -0.25) is 13.9 Å². The molecular formula is C37H42FN3O4S. The van der Waals surface area contributed by atoms with E-state index in [0.717, 1.165) is 39.4 Å². The van der Waals surface area contributed by atoms with E-state index >= 15 is 4.39 Å². The highest BCUT2D eigenvalue weighted by Gasteiger charge is 2.35. The lowest BCUT2D eigenvalue weighted by molar-refractivity contribution is -0.140. The monoisotopic (exact) mass is 643 g/mol. The maximum atomic E-state index is 15.1. The van der Waals surface area contributed by atoms with Crippen LogP contribution in [0.4, 0.5) is 10.1 Å². The van der Waals surface area contributed by atoms with E-state index in [9.17, 15) is 18.0 Å². The number of aryl methyl sites for hydroxylation is 3. The van der Waals surface area contributed by atoms with Gasteiger partial charge in [0.2, 0.25) is 11.8 Å². The molecule has 0 bridgehead atoms. The fourth-order valence-electron chi connectivity index (χ4n) is 5.33. The number of hydrogen-bond donors (Lipinski definition) is 1. The third-order valence-electron chi connectivity index (χ3n) is 7.78. The zero-order valence-corrected chi connectivity index (χ0v) is 27.7. The molecule has 0 saturated carbocycles. The number of carbonyl (C=O) groups excluding carboxylic acids is 2. The Hall–Kier alpha value is -4.50. The molecule has 0 aliphatic rings. The second kappa shape index (κ2) is 15.7. The molecular weight excluding hydrogens is 601 g/mol. The average Bonchev–Trinajstić information content (AvgIpc) is 3.02. The minimum absolute atomic E-state index is 0.0313. The molecule has 0 heterocycles. The number of nitrogens with zero attached hydrogens (tertiary/aromatic N) is 2. The first-order valence-electron chi connectivity index (χ1n) is 15.5. The fraction of sp³-hybridized carbons (Fsp3) is 0.297. The molecule has 242 valence electrons. The standard InChI is InChI=1S/C37H42FN3O4S/c1-5-6-20-39-37(43)35(24-30-12-8-7-9-13-30)40(25-31-14-10-11-15-34(31)38)36(42)26-41(32-22-28(3)21-29(4)23-32)46(44,45)33-18-16-27(2)17-19-33/h7-19,21-23,35H,5-6,20,24-26H2,1-4H3,(H,39,43)/t35-/m0/s1. The number of unbranched alkanes of at least 4 members (excludes halogenated alkanes) is 1. The molecule has 0 aliphatic carbocycles. The van der Waals surface area contributed by atoms with Crippen LogP contribution in [-0.4, -0.2) is 44.3 Å². The van der Waals surface area contributed by atoms with Crippen molar-refractivity contribution in [3.63, 3.8) is 0 Å². The van der Waals surface area contributed by atoms with Gasteiger partial charge >= 0.3 is 0 Å². The Balaban J connectivity index is 1.82. The second-order valence-corrected chi connectivity index (χ2v) is 13.5. The lowest BCUT2D eigenvalue weighted by Crippen LogP contribution is -2.53. The minimum atomic E-state index is -4.23. The van der Waals surface area contributed by atoms with Crippen molar-refractivity contribution in [2.24, 2.45) is 0 Å². The molecule has 0 saturated heterocycles. The van der Waals surface area contributed by atoms with Crippen LogP contribution in [0.1, 0.15) is 47.6 Å². The molecule has 0 radical (unpaired) electrons. The summed E-state index contributed by atoms with van der Waals surface area (Å²) in [5.74, 6) is -1.55. The van der Waals surface area contributed by atoms with E-state index in [1.807, 2.05) is 64.1 Å². The summed E-state index contributed by atoms with van der Waals surface area (Å²) in [6.07, 6.45) is 1.77. The van der Waals surface area contributed by atoms with Crippen molar-refractivity contribution in [2.75, 3.05) is 17.4 Å². The van der Waals surface area contributed by atoms with Crippen LogP contribution in [0, 0.1) is 26.6 Å². The Kier molecular flexibility index (Phi) is 11.7. The Morgan fingerprint density at radius 1 is 0.826 bits per heavy atom. The summed E-state index contributed by atoms with van der Waals surface area (Å²) in [5.41, 5.74) is 3.89. The highest BCUT2D eigenvalue weighted by atomic mass is 32.2. The summed E-state index contributed by atoms with van der Waals surface area (Å²) in [6.45, 7) is 7.18. The van der Waals surface area contributed by atoms with Crippen LogP contribution < -0.4 is 9.62 Å². The van der Waals surface area contributed by atoms with Gasteiger partial charge in [-0.25, -0.2) is 12.8 Å². The molecule has 1 atom stereocenters. The molecule has 0 aromatic heterocycles. The van der Waals surface area contributed by atoms with Crippen LogP contribution in [-0.2, 0) is 32.6 Å². The summed E-state index contributed by atoms with van der Waals surface area (Å²) in [5, 5.41) is 2.94. The molecule has 0 unspecified atom stereocenters. The summed E-state index contributed by atoms with van der Waals surface area (Å²) < 4.78 is 44.6. The van der Waals surface area contributed by atoms with Crippen LogP contribution in [0.25, 0.3) is 0 Å². The maximum Gasteiger partial charge on any atom is 0.264 e. The van der Waals surface area contributed by atoms with Gasteiger partial charge in [0, 0.05) is 25.1 Å². The van der Waals surface area contributed by atoms with E-state index in [1.54, 1.807) is 42.5 Å². The molecule has 2 amide bonds. The molecule has 9 heteroatoms. The smallest absolute Gasteiger partial charge is 0.264 e. The van der Waals surface area contributed by atoms with Gasteiger partial charge in [-0.1, -0.05) is 85.6 Å². The van der Waals surface area contributed by atoms with Crippen molar-refractivity contribution in [1.29, 1.82) is 0 Å². The minimum Gasteiger partial charge on any atom is -0.354 e. The summed E-state index contributed by atoms with van der Waals surface area (Å²) in [4.78, 5) is 29.7. The topological polar surface area (TPSA) is 86.8 Å². The number of nitrogens with one attached hydrogen (secondary N) is 1. The van der Waals surface area contributed by atoms with Crippen LogP contribution >= 0.6 is 0 Å². The van der Waals surface area contributed by atoms with E-state index in [0.29, 0.717) is 12.2 Å². The van der Waals surface area contributed by atoms with E-state index in [2.05, 4.69) is 5.32 Å². The number of hydrogen-bond acceptors (Lipinski definition) is 4. The summed E-state index contributed by atoms with van der Waals surface area (Å²) in [7, 11) is -4.23. The SMILES string of the molecule is CCCCNC(=O)[C@H](Cc1ccccc1)N(Cc1ccccc1F)C(=O)CN(c1cc(C)cc(C)c1)S(=O)(=O)c1ccc(C)cc1. The molecule has 0 spiro atoms. The van der Waals surface area contributed by atoms with E-state index in [-0.39, 0.29) is 29.3 Å². The van der Waals surface area contributed by atoms with Crippen molar-refractivity contribution in [2.45, 2.75) is 64.4 Å². The third-order valence-corrected chi connectivity index (χ3v) is 9.57. The average molecular weight is 644 g/mol. The molecule has 1 N–H and O–H groups in total. The van der Waals surface area contributed by atoms with Gasteiger partial charge in [-0.15, -0.1) is 0 Å². The predicted octanol–water partition coefficient (Wildman–Crippen LogP) is 6.50. The quantitative estimate of drug-likeness (QED) is 0.159. The van der Waals surface area contributed by atoms with E-state index < -0.39 is 34.3 Å². The van der Waals surface area contributed by atoms with Gasteiger partial charge in [0.1, 0.15) is 18.4 Å². The Morgan fingerprint density at radius 2 is 1.46 bits per heavy atom. The van der Waals surface area contributed by atoms with E-state index in [4.69, 9.17) is 0 Å². The van der Waals surface area contributed by atoms with Crippen molar-refractivity contribution < 1.29 is 22.4 Å². The first kappa shape index (κ1) is 34.4. The molecule has 7 nitrogen and oxygen atoms in total. The first-order valence-corrected chi connectivity index (χ1v) is 17.0. The highest BCUT2D eigenvalue weighted by Crippen LogP contribution is 2.27. The van der Waals surface area contributed by atoms with Gasteiger partial charge in [-0.05, 0) is 74.2 Å². The largest absolute Gasteiger partial charge is 0.354 e. The molecule has 4 aromatic carbocycles. The van der Waals surface area contributed by atoms with Gasteiger partial charge in [-0.2, -0.15) is 0 Å². The van der Waals surface area contributed by atoms with Crippen LogP contribution in [0.5, 0.6) is 0 Å². The molecule has 46 heavy (non-hydrogen) atoms. The fourth-order valence-corrected chi connectivity index (χ4v) is 6.73. The van der Waals surface area contributed by atoms with Crippen molar-refractivity contribution >= 4 is 27.5 Å².